The van der Waals surface area contributed by atoms with E-state index in [0.29, 0.717) is 25.1 Å². The molecule has 1 amide bonds. The number of β-amino-alcohol motifs (C(OH)–C–C–N with tert-alkyl or cyclic N) is 1. The number of aliphatic hydroxyl groups is 1. The third-order valence-electron chi connectivity index (χ3n) is 5.49. The molecule has 162 valence electrons. The fraction of sp³-hybridized carbons (Fsp3) is 0.611. The van der Waals surface area contributed by atoms with Crippen LogP contribution >= 0.6 is 0 Å². The Morgan fingerprint density at radius 3 is 2.41 bits per heavy atom. The van der Waals surface area contributed by atoms with Crippen molar-refractivity contribution in [2.75, 3.05) is 33.3 Å². The van der Waals surface area contributed by atoms with Crippen LogP contribution in [0.3, 0.4) is 0 Å². The van der Waals surface area contributed by atoms with E-state index in [1.165, 1.54) is 9.79 Å². The Kier molecular flexibility index (Phi) is 6.64. The number of benzene rings is 1. The number of hydrogen-bond acceptors (Lipinski definition) is 8. The third-order valence-corrected chi connectivity index (χ3v) is 7.92. The highest BCUT2D eigenvalue weighted by Gasteiger charge is 2.54. The van der Waals surface area contributed by atoms with E-state index in [1.54, 1.807) is 31.4 Å². The van der Waals surface area contributed by atoms with Crippen molar-refractivity contribution in [3.63, 3.8) is 0 Å². The summed E-state index contributed by atoms with van der Waals surface area (Å²) >= 11 is 0. The van der Waals surface area contributed by atoms with Gasteiger partial charge in [-0.3, -0.25) is 10.0 Å². The van der Waals surface area contributed by atoms with Gasteiger partial charge in [-0.2, -0.15) is 0 Å². The van der Waals surface area contributed by atoms with Gasteiger partial charge in [-0.15, -0.1) is 0 Å². The Labute approximate surface area is 169 Å². The van der Waals surface area contributed by atoms with E-state index in [0.717, 1.165) is 5.75 Å². The number of hydrogen-bond donors (Lipinski definition) is 4. The molecule has 4 N–H and O–H groups in total. The molecular formula is C18H27N3O7S. The first-order valence-electron chi connectivity index (χ1n) is 9.48. The molecule has 2 saturated heterocycles. The quantitative estimate of drug-likeness (QED) is 0.350. The average molecular weight is 429 g/mol. The maximum absolute atomic E-state index is 13.1. The second-order valence-electron chi connectivity index (χ2n) is 7.26. The van der Waals surface area contributed by atoms with Crippen molar-refractivity contribution in [3.05, 3.63) is 24.3 Å². The molecule has 2 atom stereocenters. The van der Waals surface area contributed by atoms with Crippen LogP contribution in [-0.2, 0) is 14.8 Å². The molecule has 2 aliphatic heterocycles. The van der Waals surface area contributed by atoms with E-state index in [2.05, 4.69) is 5.32 Å². The summed E-state index contributed by atoms with van der Waals surface area (Å²) < 4.78 is 38.6. The van der Waals surface area contributed by atoms with Crippen LogP contribution in [0.2, 0.25) is 0 Å². The van der Waals surface area contributed by atoms with Crippen LogP contribution in [0.15, 0.2) is 24.3 Å². The van der Waals surface area contributed by atoms with Gasteiger partial charge < -0.3 is 19.9 Å². The Bertz CT molecular complexity index is 809. The van der Waals surface area contributed by atoms with Gasteiger partial charge in [-0.05, 0) is 50.1 Å². The summed E-state index contributed by atoms with van der Waals surface area (Å²) in [6, 6.07) is 7.17. The first-order chi connectivity index (χ1) is 13.8. The van der Waals surface area contributed by atoms with Crippen LogP contribution in [0, 0.1) is 0 Å². The molecule has 2 fully saturated rings. The van der Waals surface area contributed by atoms with Crippen molar-refractivity contribution in [1.82, 2.24) is 15.1 Å². The first kappa shape index (κ1) is 21.8. The van der Waals surface area contributed by atoms with Gasteiger partial charge in [0.05, 0.1) is 7.11 Å². The van der Waals surface area contributed by atoms with Gasteiger partial charge >= 0.3 is 0 Å². The summed E-state index contributed by atoms with van der Waals surface area (Å²) in [6.07, 6.45) is 0.901. The Morgan fingerprint density at radius 2 is 1.83 bits per heavy atom. The minimum atomic E-state index is -3.95. The lowest BCUT2D eigenvalue weighted by molar-refractivity contribution is -0.150. The summed E-state index contributed by atoms with van der Waals surface area (Å²) in [5.41, 5.74) is -0.852. The molecule has 1 aromatic rings. The molecule has 2 aliphatic rings. The van der Waals surface area contributed by atoms with Gasteiger partial charge in [0.15, 0.2) is 5.60 Å². The van der Waals surface area contributed by atoms with Gasteiger partial charge in [-0.25, -0.2) is 18.2 Å². The van der Waals surface area contributed by atoms with Crippen LogP contribution in [0.1, 0.15) is 19.3 Å². The van der Waals surface area contributed by atoms with Gasteiger partial charge in [0.25, 0.3) is 5.91 Å². The number of carbonyl (C=O) groups excluding carboxylic acids is 1. The largest absolute Gasteiger partial charge is 0.497 e. The van der Waals surface area contributed by atoms with E-state index in [1.807, 2.05) is 0 Å². The number of methoxy groups -OCH3 is 1. The lowest BCUT2D eigenvalue weighted by Crippen LogP contribution is -2.67. The second-order valence-corrected chi connectivity index (χ2v) is 9.37. The molecule has 0 aromatic heterocycles. The maximum atomic E-state index is 13.1. The number of piperidine rings is 2. The highest BCUT2D eigenvalue weighted by Crippen LogP contribution is 2.30. The second kappa shape index (κ2) is 8.84. The lowest BCUT2D eigenvalue weighted by Gasteiger charge is -2.41. The SMILES string of the molecule is COc1ccc(OC2CCN(S(=O)(=O)C3CCNCC3(O)C(=O)NO)CC2)cc1. The Balaban J connectivity index is 1.64. The highest BCUT2D eigenvalue weighted by atomic mass is 32.2. The van der Waals surface area contributed by atoms with Gasteiger partial charge in [0.1, 0.15) is 22.9 Å². The summed E-state index contributed by atoms with van der Waals surface area (Å²) in [7, 11) is -2.37. The summed E-state index contributed by atoms with van der Waals surface area (Å²) in [5, 5.41) is 21.1. The molecule has 0 bridgehead atoms. The predicted octanol–water partition coefficient (Wildman–Crippen LogP) is -0.533. The van der Waals surface area contributed by atoms with E-state index in [9.17, 15) is 18.3 Å². The van der Waals surface area contributed by atoms with Crippen LogP contribution in [-0.4, -0.2) is 79.2 Å². The number of hydroxylamine groups is 1. The first-order valence-corrected chi connectivity index (χ1v) is 11.0. The molecule has 11 heteroatoms. The molecule has 0 radical (unpaired) electrons. The predicted molar refractivity (Wildman–Crippen MR) is 103 cm³/mol. The number of carbonyl (C=O) groups is 1. The van der Waals surface area contributed by atoms with Crippen molar-refractivity contribution in [3.8, 4) is 11.5 Å². The van der Waals surface area contributed by atoms with Crippen LogP contribution in [0.25, 0.3) is 0 Å². The van der Waals surface area contributed by atoms with Crippen molar-refractivity contribution in [2.24, 2.45) is 0 Å². The van der Waals surface area contributed by atoms with Crippen molar-refractivity contribution < 1.29 is 33.0 Å². The van der Waals surface area contributed by atoms with Crippen molar-refractivity contribution in [1.29, 1.82) is 0 Å². The Morgan fingerprint density at radius 1 is 1.21 bits per heavy atom. The topological polar surface area (TPSA) is 137 Å². The summed E-state index contributed by atoms with van der Waals surface area (Å²) in [4.78, 5) is 12.0. The van der Waals surface area contributed by atoms with Gasteiger partial charge in [0.2, 0.25) is 10.0 Å². The number of nitrogens with one attached hydrogen (secondary N) is 2. The van der Waals surface area contributed by atoms with E-state index in [-0.39, 0.29) is 32.2 Å². The zero-order valence-corrected chi connectivity index (χ0v) is 17.0. The van der Waals surface area contributed by atoms with Crippen LogP contribution in [0.4, 0.5) is 0 Å². The maximum Gasteiger partial charge on any atom is 0.278 e. The van der Waals surface area contributed by atoms with Crippen LogP contribution < -0.4 is 20.3 Å². The molecule has 2 unspecified atom stereocenters. The number of ether oxygens (including phenoxy) is 2. The van der Waals surface area contributed by atoms with Gasteiger partial charge in [0, 0.05) is 19.6 Å². The molecule has 0 saturated carbocycles. The Hall–Kier alpha value is -1.92. The molecule has 0 spiro atoms. The zero-order valence-electron chi connectivity index (χ0n) is 16.2. The lowest BCUT2D eigenvalue weighted by atomic mass is 9.93. The van der Waals surface area contributed by atoms with Crippen molar-refractivity contribution in [2.45, 2.75) is 36.2 Å². The number of rotatable bonds is 6. The number of sulfonamides is 1. The molecular weight excluding hydrogens is 402 g/mol. The average Bonchev–Trinajstić information content (AvgIpc) is 2.74. The monoisotopic (exact) mass is 429 g/mol. The molecule has 2 heterocycles. The smallest absolute Gasteiger partial charge is 0.278 e. The minimum Gasteiger partial charge on any atom is -0.497 e. The van der Waals surface area contributed by atoms with Crippen molar-refractivity contribution >= 4 is 15.9 Å². The normalized spacial score (nSPS) is 26.7. The molecule has 1 aromatic carbocycles. The fourth-order valence-electron chi connectivity index (χ4n) is 3.81. The molecule has 0 aliphatic carbocycles. The van der Waals surface area contributed by atoms with E-state index >= 15 is 0 Å². The zero-order chi connectivity index (χ0) is 21.1. The summed E-state index contributed by atoms with van der Waals surface area (Å²) in [5.74, 6) is 0.273. The standard InChI is InChI=1S/C18H27N3O7S/c1-27-13-2-4-14(5-3-13)28-15-7-10-21(11-8-15)29(25,26)16-6-9-19-12-18(16,23)17(22)20-24/h2-5,15-16,19,23-24H,6-12H2,1H3,(H,20,22). The van der Waals surface area contributed by atoms with Gasteiger partial charge in [-0.1, -0.05) is 0 Å². The fourth-order valence-corrected chi connectivity index (χ4v) is 5.99. The van der Waals surface area contributed by atoms with E-state index in [4.69, 9.17) is 14.7 Å². The van der Waals surface area contributed by atoms with Crippen LogP contribution in [0.5, 0.6) is 11.5 Å². The molecule has 3 rings (SSSR count). The summed E-state index contributed by atoms with van der Waals surface area (Å²) in [6.45, 7) is 0.552. The highest BCUT2D eigenvalue weighted by molar-refractivity contribution is 7.89. The molecule has 10 nitrogen and oxygen atoms in total. The van der Waals surface area contributed by atoms with E-state index < -0.39 is 26.8 Å². The number of nitrogens with zero attached hydrogens (tertiary/aromatic N) is 1. The third kappa shape index (κ3) is 4.48. The number of amides is 1. The minimum absolute atomic E-state index is 0.0640. The molecule has 29 heavy (non-hydrogen) atoms.